The standard InChI is InChI=1S/C28H27ClN6O3/c1-2-38-21-12-22(27-20(14-30)16-33-35(27)17-21)19-5-6-25(32-15-19)34-10-7-28(18-36,8-11-34)13-24(37)26-23(29)4-3-9-31-26/h3-6,9,12,15-17,36H,2,7-8,10-11,13,18H2,1H3. The molecule has 1 N–H and O–H groups in total. The first-order chi connectivity index (χ1) is 18.5. The molecule has 0 aliphatic carbocycles. The van der Waals surface area contributed by atoms with E-state index in [1.807, 2.05) is 25.1 Å². The first-order valence-electron chi connectivity index (χ1n) is 12.5. The average Bonchev–Trinajstić information content (AvgIpc) is 3.37. The summed E-state index contributed by atoms with van der Waals surface area (Å²) in [7, 11) is 0. The van der Waals surface area contributed by atoms with Gasteiger partial charge in [0.2, 0.25) is 0 Å². The maximum Gasteiger partial charge on any atom is 0.183 e. The Morgan fingerprint density at radius 2 is 2.05 bits per heavy atom. The smallest absolute Gasteiger partial charge is 0.183 e. The molecule has 9 nitrogen and oxygen atoms in total. The first kappa shape index (κ1) is 25.6. The lowest BCUT2D eigenvalue weighted by atomic mass is 9.75. The van der Waals surface area contributed by atoms with Gasteiger partial charge in [-0.15, -0.1) is 0 Å². The Labute approximate surface area is 225 Å². The largest absolute Gasteiger partial charge is 0.492 e. The second kappa shape index (κ2) is 10.8. The molecular formula is C28H27ClN6O3. The lowest BCUT2D eigenvalue weighted by molar-refractivity contribution is 0.0667. The molecule has 0 spiro atoms. The van der Waals surface area contributed by atoms with Gasteiger partial charge in [-0.25, -0.2) is 9.50 Å². The average molecular weight is 531 g/mol. The van der Waals surface area contributed by atoms with E-state index in [1.165, 1.54) is 0 Å². The molecule has 5 rings (SSSR count). The van der Waals surface area contributed by atoms with Gasteiger partial charge in [0.25, 0.3) is 0 Å². The summed E-state index contributed by atoms with van der Waals surface area (Å²) in [4.78, 5) is 23.9. The zero-order valence-corrected chi connectivity index (χ0v) is 21.7. The molecule has 0 aromatic carbocycles. The zero-order chi connectivity index (χ0) is 26.7. The maximum atomic E-state index is 12.9. The molecule has 0 atom stereocenters. The number of nitriles is 1. The number of aliphatic hydroxyl groups excluding tert-OH is 1. The number of carbonyl (C=O) groups is 1. The van der Waals surface area contributed by atoms with Gasteiger partial charge in [0.15, 0.2) is 5.78 Å². The summed E-state index contributed by atoms with van der Waals surface area (Å²) < 4.78 is 7.36. The maximum absolute atomic E-state index is 12.9. The molecule has 0 saturated carbocycles. The van der Waals surface area contributed by atoms with E-state index in [2.05, 4.69) is 21.1 Å². The van der Waals surface area contributed by atoms with Crippen LogP contribution in [0.4, 0.5) is 5.82 Å². The number of rotatable bonds is 8. The number of nitrogens with zero attached hydrogens (tertiary/aromatic N) is 6. The van der Waals surface area contributed by atoms with Crippen molar-refractivity contribution < 1.29 is 14.6 Å². The number of pyridine rings is 3. The minimum Gasteiger partial charge on any atom is -0.492 e. The second-order valence-corrected chi connectivity index (χ2v) is 9.88. The number of fused-ring (bicyclic) bond motifs is 1. The molecule has 1 fully saturated rings. The number of ketones is 1. The molecule has 38 heavy (non-hydrogen) atoms. The third-order valence-electron chi connectivity index (χ3n) is 7.12. The monoisotopic (exact) mass is 530 g/mol. The molecule has 1 saturated heterocycles. The van der Waals surface area contributed by atoms with E-state index in [9.17, 15) is 15.2 Å². The van der Waals surface area contributed by atoms with Crippen molar-refractivity contribution >= 4 is 28.7 Å². The molecule has 5 heterocycles. The molecule has 1 aliphatic heterocycles. The van der Waals surface area contributed by atoms with E-state index in [4.69, 9.17) is 21.3 Å². The summed E-state index contributed by atoms with van der Waals surface area (Å²) in [5.41, 5.74) is 2.57. The molecular weight excluding hydrogens is 504 g/mol. The Morgan fingerprint density at radius 1 is 1.24 bits per heavy atom. The van der Waals surface area contributed by atoms with Gasteiger partial charge in [-0.05, 0) is 50.1 Å². The van der Waals surface area contributed by atoms with Gasteiger partial charge >= 0.3 is 0 Å². The van der Waals surface area contributed by atoms with Crippen molar-refractivity contribution in [1.82, 2.24) is 19.6 Å². The Morgan fingerprint density at radius 3 is 2.71 bits per heavy atom. The lowest BCUT2D eigenvalue weighted by Crippen LogP contribution is -2.43. The van der Waals surface area contributed by atoms with Crippen molar-refractivity contribution in [2.45, 2.75) is 26.2 Å². The lowest BCUT2D eigenvalue weighted by Gasteiger charge is -2.41. The first-order valence-corrected chi connectivity index (χ1v) is 12.8. The predicted octanol–water partition coefficient (Wildman–Crippen LogP) is 4.57. The molecule has 4 aromatic rings. The van der Waals surface area contributed by atoms with Gasteiger partial charge < -0.3 is 14.7 Å². The number of aromatic nitrogens is 4. The Bertz CT molecular complexity index is 1500. The van der Waals surface area contributed by atoms with Crippen molar-refractivity contribution in [3.8, 4) is 22.9 Å². The van der Waals surface area contributed by atoms with Crippen LogP contribution in [0, 0.1) is 16.7 Å². The highest BCUT2D eigenvalue weighted by molar-refractivity contribution is 6.33. The van der Waals surface area contributed by atoms with Gasteiger partial charge in [-0.1, -0.05) is 11.6 Å². The van der Waals surface area contributed by atoms with E-state index in [0.717, 1.165) is 16.9 Å². The molecule has 194 valence electrons. The summed E-state index contributed by atoms with van der Waals surface area (Å²) >= 11 is 6.16. The van der Waals surface area contributed by atoms with Gasteiger partial charge in [0.05, 0.1) is 35.1 Å². The second-order valence-electron chi connectivity index (χ2n) is 9.47. The Hall–Kier alpha value is -4.00. The summed E-state index contributed by atoms with van der Waals surface area (Å²) in [5, 5.41) is 24.4. The van der Waals surface area contributed by atoms with Crippen LogP contribution in [-0.4, -0.2) is 56.8 Å². The highest BCUT2D eigenvalue weighted by Crippen LogP contribution is 2.38. The number of aliphatic hydroxyl groups is 1. The highest BCUT2D eigenvalue weighted by atomic mass is 35.5. The number of hydrogen-bond donors (Lipinski definition) is 1. The van der Waals surface area contributed by atoms with Crippen LogP contribution in [0.5, 0.6) is 5.75 Å². The van der Waals surface area contributed by atoms with Crippen LogP contribution < -0.4 is 9.64 Å². The minimum absolute atomic E-state index is 0.0812. The number of hydrogen-bond acceptors (Lipinski definition) is 8. The summed E-state index contributed by atoms with van der Waals surface area (Å²) in [6, 6.07) is 11.4. The minimum atomic E-state index is -0.518. The number of halogens is 1. The summed E-state index contributed by atoms with van der Waals surface area (Å²) in [6.07, 6.45) is 8.12. The van der Waals surface area contributed by atoms with Crippen molar-refractivity contribution in [3.63, 3.8) is 0 Å². The predicted molar refractivity (Wildman–Crippen MR) is 143 cm³/mol. The topological polar surface area (TPSA) is 117 Å². The van der Waals surface area contributed by atoms with E-state index in [0.29, 0.717) is 54.4 Å². The van der Waals surface area contributed by atoms with Crippen LogP contribution in [0.2, 0.25) is 5.02 Å². The van der Waals surface area contributed by atoms with E-state index in [-0.39, 0.29) is 24.5 Å². The van der Waals surface area contributed by atoms with Crippen LogP contribution in [0.15, 0.2) is 55.1 Å². The number of ether oxygens (including phenoxy) is 1. The molecule has 0 amide bonds. The molecule has 0 radical (unpaired) electrons. The van der Waals surface area contributed by atoms with Gasteiger partial charge in [0.1, 0.15) is 23.3 Å². The molecule has 4 aromatic heterocycles. The van der Waals surface area contributed by atoms with Crippen molar-refractivity contribution in [3.05, 3.63) is 71.4 Å². The van der Waals surface area contributed by atoms with E-state index >= 15 is 0 Å². The molecule has 10 heteroatoms. The van der Waals surface area contributed by atoms with Crippen molar-refractivity contribution in [1.29, 1.82) is 5.26 Å². The third-order valence-corrected chi connectivity index (χ3v) is 7.42. The number of anilines is 1. The fraction of sp³-hybridized carbons (Fsp3) is 0.321. The fourth-order valence-electron chi connectivity index (χ4n) is 4.99. The van der Waals surface area contributed by atoms with E-state index in [1.54, 1.807) is 41.4 Å². The SMILES string of the molecule is CCOc1cc(-c2ccc(N3CCC(CO)(CC(=O)c4ncccc4Cl)CC3)nc2)c2c(C#N)cnn2c1. The van der Waals surface area contributed by atoms with Crippen LogP contribution in [0.25, 0.3) is 16.6 Å². The summed E-state index contributed by atoms with van der Waals surface area (Å²) in [6.45, 7) is 3.65. The van der Waals surface area contributed by atoms with Gasteiger partial charge in [0, 0.05) is 55.1 Å². The van der Waals surface area contributed by atoms with Crippen LogP contribution in [0.1, 0.15) is 42.2 Å². The van der Waals surface area contributed by atoms with E-state index < -0.39 is 5.41 Å². The van der Waals surface area contributed by atoms with Gasteiger partial charge in [-0.2, -0.15) is 10.4 Å². The van der Waals surface area contributed by atoms with Crippen molar-refractivity contribution in [2.75, 3.05) is 31.2 Å². The molecule has 0 unspecified atom stereocenters. The van der Waals surface area contributed by atoms with Crippen LogP contribution in [-0.2, 0) is 0 Å². The number of Topliss-reactive ketones (excluding diaryl/α,β-unsaturated/α-hetero) is 1. The fourth-order valence-corrected chi connectivity index (χ4v) is 5.22. The summed E-state index contributed by atoms with van der Waals surface area (Å²) in [5.74, 6) is 1.31. The van der Waals surface area contributed by atoms with Gasteiger partial charge in [-0.3, -0.25) is 9.78 Å². The normalized spacial score (nSPS) is 14.8. The number of piperidine rings is 1. The van der Waals surface area contributed by atoms with Crippen LogP contribution in [0.3, 0.4) is 0 Å². The quantitative estimate of drug-likeness (QED) is 0.329. The molecule has 1 aliphatic rings. The van der Waals surface area contributed by atoms with Crippen LogP contribution >= 0.6 is 11.6 Å². The highest BCUT2D eigenvalue weighted by Gasteiger charge is 2.37. The zero-order valence-electron chi connectivity index (χ0n) is 21.0. The number of carbonyl (C=O) groups excluding carboxylic acids is 1. The molecule has 0 bridgehead atoms. The third kappa shape index (κ3) is 4.93. The Kier molecular flexibility index (Phi) is 7.27. The Balaban J connectivity index is 1.33. The van der Waals surface area contributed by atoms with Crippen molar-refractivity contribution in [2.24, 2.45) is 5.41 Å².